The summed E-state index contributed by atoms with van der Waals surface area (Å²) in [6.07, 6.45) is 1.67. The van der Waals surface area contributed by atoms with Crippen molar-refractivity contribution in [2.45, 2.75) is 12.8 Å². The van der Waals surface area contributed by atoms with E-state index in [0.29, 0.717) is 17.1 Å². The Balaban J connectivity index is 2.24. The van der Waals surface area contributed by atoms with Crippen molar-refractivity contribution in [1.29, 1.82) is 0 Å². The van der Waals surface area contributed by atoms with Crippen LogP contribution in [0.4, 0.5) is 5.69 Å². The SMILES string of the molecule is Cc1ncccc1C(=O)Nc1ccccc1CCl. The van der Waals surface area contributed by atoms with Gasteiger partial charge in [-0.05, 0) is 30.7 Å². The van der Waals surface area contributed by atoms with E-state index in [-0.39, 0.29) is 5.91 Å². The topological polar surface area (TPSA) is 42.0 Å². The maximum Gasteiger partial charge on any atom is 0.257 e. The van der Waals surface area contributed by atoms with Crippen LogP contribution in [0.5, 0.6) is 0 Å². The zero-order chi connectivity index (χ0) is 13.0. The van der Waals surface area contributed by atoms with Crippen LogP contribution >= 0.6 is 11.6 Å². The van der Waals surface area contributed by atoms with Crippen LogP contribution in [0, 0.1) is 6.92 Å². The summed E-state index contributed by atoms with van der Waals surface area (Å²) in [5, 5.41) is 2.86. The molecule has 0 unspecified atom stereocenters. The van der Waals surface area contributed by atoms with Gasteiger partial charge in [-0.3, -0.25) is 9.78 Å². The average Bonchev–Trinajstić information content (AvgIpc) is 2.39. The van der Waals surface area contributed by atoms with E-state index in [2.05, 4.69) is 10.3 Å². The number of nitrogens with zero attached hydrogens (tertiary/aromatic N) is 1. The van der Waals surface area contributed by atoms with Crippen molar-refractivity contribution in [3.05, 3.63) is 59.4 Å². The maximum atomic E-state index is 12.1. The molecule has 0 bridgehead atoms. The molecule has 0 aliphatic heterocycles. The number of hydrogen-bond donors (Lipinski definition) is 1. The lowest BCUT2D eigenvalue weighted by molar-refractivity contribution is 0.102. The summed E-state index contributed by atoms with van der Waals surface area (Å²) in [6.45, 7) is 1.81. The molecule has 2 aromatic rings. The van der Waals surface area contributed by atoms with E-state index in [1.807, 2.05) is 31.2 Å². The van der Waals surface area contributed by atoms with Crippen LogP contribution in [0.1, 0.15) is 21.6 Å². The average molecular weight is 261 g/mol. The first kappa shape index (κ1) is 12.6. The Morgan fingerprint density at radius 1 is 1.28 bits per heavy atom. The van der Waals surface area contributed by atoms with Crippen molar-refractivity contribution < 1.29 is 4.79 Å². The smallest absolute Gasteiger partial charge is 0.257 e. The van der Waals surface area contributed by atoms with Crippen LogP contribution in [0.2, 0.25) is 0 Å². The number of rotatable bonds is 3. The van der Waals surface area contributed by atoms with Gasteiger partial charge >= 0.3 is 0 Å². The van der Waals surface area contributed by atoms with Crippen molar-refractivity contribution in [2.24, 2.45) is 0 Å². The molecule has 4 heteroatoms. The summed E-state index contributed by atoms with van der Waals surface area (Å²) in [7, 11) is 0. The molecule has 0 aliphatic rings. The van der Waals surface area contributed by atoms with E-state index in [1.54, 1.807) is 18.3 Å². The number of aryl methyl sites for hydroxylation is 1. The molecule has 0 radical (unpaired) electrons. The Bertz CT molecular complexity index is 569. The number of benzene rings is 1. The fourth-order valence-corrected chi connectivity index (χ4v) is 1.91. The predicted octanol–water partition coefficient (Wildman–Crippen LogP) is 3.38. The van der Waals surface area contributed by atoms with Crippen molar-refractivity contribution in [1.82, 2.24) is 4.98 Å². The molecule has 0 atom stereocenters. The number of para-hydroxylation sites is 1. The quantitative estimate of drug-likeness (QED) is 0.860. The predicted molar refractivity (Wildman–Crippen MR) is 72.9 cm³/mol. The molecule has 92 valence electrons. The second-order valence-corrected chi connectivity index (χ2v) is 4.15. The first-order valence-electron chi connectivity index (χ1n) is 5.59. The molecule has 0 spiro atoms. The van der Waals surface area contributed by atoms with Gasteiger partial charge in [-0.15, -0.1) is 11.6 Å². The Morgan fingerprint density at radius 2 is 2.06 bits per heavy atom. The fourth-order valence-electron chi connectivity index (χ4n) is 1.67. The number of carbonyl (C=O) groups is 1. The molecule has 0 fully saturated rings. The first-order valence-corrected chi connectivity index (χ1v) is 6.12. The summed E-state index contributed by atoms with van der Waals surface area (Å²) < 4.78 is 0. The molecule has 1 heterocycles. The van der Waals surface area contributed by atoms with Gasteiger partial charge in [0.25, 0.3) is 5.91 Å². The number of nitrogens with one attached hydrogen (secondary N) is 1. The van der Waals surface area contributed by atoms with E-state index in [0.717, 1.165) is 11.3 Å². The normalized spacial score (nSPS) is 10.1. The van der Waals surface area contributed by atoms with E-state index in [4.69, 9.17) is 11.6 Å². The van der Waals surface area contributed by atoms with Crippen LogP contribution in [-0.2, 0) is 5.88 Å². The van der Waals surface area contributed by atoms with Gasteiger partial charge in [0.05, 0.1) is 5.56 Å². The minimum absolute atomic E-state index is 0.168. The van der Waals surface area contributed by atoms with Gasteiger partial charge in [0, 0.05) is 23.5 Å². The van der Waals surface area contributed by atoms with E-state index < -0.39 is 0 Å². The molecule has 1 N–H and O–H groups in total. The molecule has 2 rings (SSSR count). The number of anilines is 1. The Labute approximate surface area is 111 Å². The lowest BCUT2D eigenvalue weighted by Crippen LogP contribution is -2.14. The molecular weight excluding hydrogens is 248 g/mol. The summed E-state index contributed by atoms with van der Waals surface area (Å²) >= 11 is 5.83. The van der Waals surface area contributed by atoms with Crippen LogP contribution in [0.3, 0.4) is 0 Å². The third-order valence-corrected chi connectivity index (χ3v) is 2.95. The van der Waals surface area contributed by atoms with Crippen LogP contribution in [-0.4, -0.2) is 10.9 Å². The molecule has 3 nitrogen and oxygen atoms in total. The molecule has 0 aliphatic carbocycles. The van der Waals surface area contributed by atoms with Crippen LogP contribution < -0.4 is 5.32 Å². The summed E-state index contributed by atoms with van der Waals surface area (Å²) in [6, 6.07) is 11.0. The Hall–Kier alpha value is -1.87. The molecule has 0 saturated heterocycles. The van der Waals surface area contributed by atoms with Crippen molar-refractivity contribution in [3.63, 3.8) is 0 Å². The molecule has 0 saturated carbocycles. The van der Waals surface area contributed by atoms with Crippen LogP contribution in [0.25, 0.3) is 0 Å². The van der Waals surface area contributed by atoms with Gasteiger partial charge < -0.3 is 5.32 Å². The molecule has 1 aromatic heterocycles. The van der Waals surface area contributed by atoms with Crippen molar-refractivity contribution in [2.75, 3.05) is 5.32 Å². The third-order valence-electron chi connectivity index (χ3n) is 2.66. The van der Waals surface area contributed by atoms with Gasteiger partial charge in [-0.25, -0.2) is 0 Å². The number of alkyl halides is 1. The molecule has 18 heavy (non-hydrogen) atoms. The third kappa shape index (κ3) is 2.68. The second-order valence-electron chi connectivity index (χ2n) is 3.88. The monoisotopic (exact) mass is 260 g/mol. The number of amides is 1. The standard InChI is InChI=1S/C14H13ClN2O/c1-10-12(6-4-8-16-10)14(18)17-13-7-3-2-5-11(13)9-15/h2-8H,9H2,1H3,(H,17,18). The number of halogens is 1. The van der Waals surface area contributed by atoms with Crippen molar-refractivity contribution in [3.8, 4) is 0 Å². The van der Waals surface area contributed by atoms with Crippen LogP contribution in [0.15, 0.2) is 42.6 Å². The highest BCUT2D eigenvalue weighted by Gasteiger charge is 2.10. The van der Waals surface area contributed by atoms with Gasteiger partial charge in [-0.2, -0.15) is 0 Å². The molecule has 1 aromatic carbocycles. The highest BCUT2D eigenvalue weighted by molar-refractivity contribution is 6.17. The number of hydrogen-bond acceptors (Lipinski definition) is 2. The largest absolute Gasteiger partial charge is 0.322 e. The highest BCUT2D eigenvalue weighted by Crippen LogP contribution is 2.18. The van der Waals surface area contributed by atoms with Crippen molar-refractivity contribution >= 4 is 23.2 Å². The fraction of sp³-hybridized carbons (Fsp3) is 0.143. The van der Waals surface area contributed by atoms with Gasteiger partial charge in [0.2, 0.25) is 0 Å². The lowest BCUT2D eigenvalue weighted by Gasteiger charge is -2.10. The van der Waals surface area contributed by atoms with Gasteiger partial charge in [0.1, 0.15) is 0 Å². The zero-order valence-corrected chi connectivity index (χ0v) is 10.7. The summed E-state index contributed by atoms with van der Waals surface area (Å²) in [4.78, 5) is 16.2. The minimum atomic E-state index is -0.168. The Kier molecular flexibility index (Phi) is 3.95. The van der Waals surface area contributed by atoms with E-state index in [9.17, 15) is 4.79 Å². The number of carbonyl (C=O) groups excluding carboxylic acids is 1. The second kappa shape index (κ2) is 5.65. The summed E-state index contributed by atoms with van der Waals surface area (Å²) in [5.74, 6) is 0.195. The Morgan fingerprint density at radius 3 is 2.78 bits per heavy atom. The number of aromatic nitrogens is 1. The molecule has 1 amide bonds. The van der Waals surface area contributed by atoms with Gasteiger partial charge in [0.15, 0.2) is 0 Å². The first-order chi connectivity index (χ1) is 8.72. The van der Waals surface area contributed by atoms with E-state index in [1.165, 1.54) is 0 Å². The van der Waals surface area contributed by atoms with E-state index >= 15 is 0 Å². The zero-order valence-electron chi connectivity index (χ0n) is 9.98. The minimum Gasteiger partial charge on any atom is -0.322 e. The van der Waals surface area contributed by atoms with Gasteiger partial charge in [-0.1, -0.05) is 18.2 Å². The number of pyridine rings is 1. The lowest BCUT2D eigenvalue weighted by atomic mass is 10.1. The highest BCUT2D eigenvalue weighted by atomic mass is 35.5. The maximum absolute atomic E-state index is 12.1. The summed E-state index contributed by atoms with van der Waals surface area (Å²) in [5.41, 5.74) is 2.91. The molecular formula is C14H13ClN2O.